The van der Waals surface area contributed by atoms with Crippen molar-refractivity contribution < 1.29 is 48.1 Å². The van der Waals surface area contributed by atoms with Gasteiger partial charge in [-0.05, 0) is 6.92 Å². The van der Waals surface area contributed by atoms with Gasteiger partial charge >= 0.3 is 38.4 Å². The molecule has 0 unspecified atom stereocenters. The van der Waals surface area contributed by atoms with E-state index in [1.165, 1.54) is 0 Å². The normalized spacial score (nSPS) is 10.0. The Kier molecular flexibility index (Phi) is 9.14. The molecule has 0 bridgehead atoms. The molecule has 0 fully saturated rings. The average Bonchev–Trinajstić information content (AvgIpc) is 1.58. The molecule has 0 heterocycles. The van der Waals surface area contributed by atoms with Gasteiger partial charge in [0.05, 0.1) is 0 Å². The van der Waals surface area contributed by atoms with Crippen molar-refractivity contribution in [3.8, 4) is 0 Å². The minimum absolute atomic E-state index is 0.121. The molecule has 0 aliphatic rings. The standard InChI is InChI=1S/C2H8O4Si.2H2O.O.Ti/c1-2-6-7(3,4)5;;;;/h3-5H,2H2,1H3;2*1H2;;/q;;;;+2/p-2. The molecule has 7 nitrogen and oxygen atoms in total. The fraction of sp³-hybridized carbons (Fsp3) is 1.00. The second kappa shape index (κ2) is 7.16. The average molecular weight is 222 g/mol. The Bertz CT molecular complexity index is 105. The predicted octanol–water partition coefficient (Wildman–Crippen LogP) is -2.80. The van der Waals surface area contributed by atoms with Crippen LogP contribution >= 0.6 is 0 Å². The van der Waals surface area contributed by atoms with Gasteiger partial charge in [0, 0.05) is 6.61 Å². The second-order valence-electron chi connectivity index (χ2n) is 1.29. The molecule has 0 rings (SSSR count). The molecular weight excluding hydrogens is 212 g/mol. The molecule has 0 aliphatic heterocycles. The molecule has 5 N–H and O–H groups in total. The first-order valence-electron chi connectivity index (χ1n) is 2.52. The molecule has 68 valence electrons. The van der Waals surface area contributed by atoms with Crippen molar-refractivity contribution in [2.75, 3.05) is 6.61 Å². The van der Waals surface area contributed by atoms with Crippen molar-refractivity contribution >= 4 is 9.05 Å². The minimum atomic E-state index is -4.16. The van der Waals surface area contributed by atoms with Crippen LogP contribution in [-0.4, -0.2) is 37.4 Å². The summed E-state index contributed by atoms with van der Waals surface area (Å²) >= 11 is -3.58. The zero-order valence-corrected chi connectivity index (χ0v) is 8.32. The first kappa shape index (κ1) is 14.0. The van der Waals surface area contributed by atoms with E-state index in [0.29, 0.717) is 0 Å². The van der Waals surface area contributed by atoms with E-state index in [9.17, 15) is 0 Å². The number of hydrogen-bond donors (Lipinski definition) is 5. The summed E-state index contributed by atoms with van der Waals surface area (Å²) < 4.78 is 27.3. The third-order valence-corrected chi connectivity index (χ3v) is 1.01. The Morgan fingerprint density at radius 2 is 1.64 bits per heavy atom. The second-order valence-corrected chi connectivity index (χ2v) is 3.61. The fourth-order valence-corrected chi connectivity index (χ4v) is 0.581. The predicted molar refractivity (Wildman–Crippen MR) is 29.2 cm³/mol. The third kappa shape index (κ3) is 37.5. The fourth-order valence-electron chi connectivity index (χ4n) is 0.194. The first-order chi connectivity index (χ1) is 4.79. The van der Waals surface area contributed by atoms with Gasteiger partial charge in [-0.25, -0.2) is 0 Å². The quantitative estimate of drug-likeness (QED) is 0.319. The Morgan fingerprint density at radius 1 is 1.36 bits per heavy atom. The molecule has 0 saturated heterocycles. The van der Waals surface area contributed by atoms with Gasteiger partial charge in [0.1, 0.15) is 0 Å². The van der Waals surface area contributed by atoms with Crippen molar-refractivity contribution in [2.24, 2.45) is 0 Å². The Morgan fingerprint density at radius 3 is 1.64 bits per heavy atom. The van der Waals surface area contributed by atoms with Crippen molar-refractivity contribution in [1.29, 1.82) is 0 Å². The van der Waals surface area contributed by atoms with Crippen LogP contribution in [0.2, 0.25) is 0 Å². The molecule has 0 spiro atoms. The van der Waals surface area contributed by atoms with Crippen molar-refractivity contribution in [1.82, 2.24) is 0 Å². The van der Waals surface area contributed by atoms with E-state index in [0.717, 1.165) is 0 Å². The maximum atomic E-state index is 8.81. The Labute approximate surface area is 71.1 Å². The molecular formula is C2H10O7SiTi. The maximum absolute atomic E-state index is 8.81. The van der Waals surface area contributed by atoms with E-state index in [4.69, 9.17) is 25.1 Å². The summed E-state index contributed by atoms with van der Waals surface area (Å²) in [5.74, 6) is 0. The van der Waals surface area contributed by atoms with Crippen LogP contribution in [0.4, 0.5) is 0 Å². The molecule has 0 aromatic rings. The van der Waals surface area contributed by atoms with Gasteiger partial charge in [-0.1, -0.05) is 0 Å². The molecule has 0 aromatic heterocycles. The summed E-state index contributed by atoms with van der Waals surface area (Å²) in [7, 11) is -4.16. The molecule has 0 atom stereocenters. The molecule has 0 saturated carbocycles. The third-order valence-electron chi connectivity index (χ3n) is 0.338. The van der Waals surface area contributed by atoms with Crippen LogP contribution in [0.25, 0.3) is 0 Å². The van der Waals surface area contributed by atoms with E-state index in [1.807, 2.05) is 0 Å². The monoisotopic (exact) mass is 222 g/mol. The van der Waals surface area contributed by atoms with Gasteiger partial charge in [0.25, 0.3) is 0 Å². The molecule has 0 amide bonds. The number of rotatable bonds is 2. The molecule has 9 heteroatoms. The van der Waals surface area contributed by atoms with Crippen LogP contribution in [0.5, 0.6) is 0 Å². The van der Waals surface area contributed by atoms with Crippen molar-refractivity contribution in [3.63, 3.8) is 0 Å². The van der Waals surface area contributed by atoms with Crippen LogP contribution < -0.4 is 0 Å². The summed E-state index contributed by atoms with van der Waals surface area (Å²) in [6.07, 6.45) is 0. The molecule has 0 aliphatic carbocycles. The Hall–Kier alpha value is 0.491. The van der Waals surface area contributed by atoms with Gasteiger partial charge in [0.2, 0.25) is 0 Å². The zero-order chi connectivity index (χ0) is 9.49. The van der Waals surface area contributed by atoms with E-state index in [2.05, 4.69) is 4.43 Å². The van der Waals surface area contributed by atoms with E-state index >= 15 is 0 Å². The molecule has 0 radical (unpaired) electrons. The summed E-state index contributed by atoms with van der Waals surface area (Å²) in [5.41, 5.74) is 0. The summed E-state index contributed by atoms with van der Waals surface area (Å²) in [4.78, 5) is 24.1. The van der Waals surface area contributed by atoms with Crippen LogP contribution in [0.1, 0.15) is 6.92 Å². The SMILES string of the molecule is CCO[Si](O)(O)O.[O]=[Ti]([OH])[OH]. The van der Waals surface area contributed by atoms with Crippen LogP contribution in [0.3, 0.4) is 0 Å². The molecule has 11 heavy (non-hydrogen) atoms. The van der Waals surface area contributed by atoms with Crippen LogP contribution in [0, 0.1) is 0 Å². The summed E-state index contributed by atoms with van der Waals surface area (Å²) in [6, 6.07) is 0. The summed E-state index contributed by atoms with van der Waals surface area (Å²) in [6.45, 7) is 1.68. The van der Waals surface area contributed by atoms with Crippen LogP contribution in [0.15, 0.2) is 0 Å². The summed E-state index contributed by atoms with van der Waals surface area (Å²) in [5, 5.41) is 0. The molecule has 0 aromatic carbocycles. The van der Waals surface area contributed by atoms with E-state index in [-0.39, 0.29) is 6.61 Å². The van der Waals surface area contributed by atoms with Gasteiger partial charge in [-0.3, -0.25) is 0 Å². The van der Waals surface area contributed by atoms with Crippen molar-refractivity contribution in [3.05, 3.63) is 0 Å². The zero-order valence-electron chi connectivity index (χ0n) is 5.76. The van der Waals surface area contributed by atoms with Gasteiger partial charge in [-0.15, -0.1) is 0 Å². The van der Waals surface area contributed by atoms with E-state index in [1.54, 1.807) is 6.92 Å². The van der Waals surface area contributed by atoms with Gasteiger partial charge in [0.15, 0.2) is 0 Å². The van der Waals surface area contributed by atoms with Gasteiger partial charge in [-0.2, -0.15) is 0 Å². The van der Waals surface area contributed by atoms with E-state index < -0.39 is 27.7 Å². The van der Waals surface area contributed by atoms with Crippen molar-refractivity contribution in [2.45, 2.75) is 6.92 Å². The topological polar surface area (TPSA) is 127 Å². The number of hydrogen-bond acceptors (Lipinski definition) is 5. The van der Waals surface area contributed by atoms with Gasteiger partial charge < -0.3 is 18.8 Å². The Balaban J connectivity index is 0. The first-order valence-corrected chi connectivity index (χ1v) is 6.31. The van der Waals surface area contributed by atoms with Crippen LogP contribution in [-0.2, 0) is 26.4 Å².